The molecule has 1 aromatic carbocycles. The minimum atomic E-state index is 0.000286. The molecule has 0 aliphatic carbocycles. The van der Waals surface area contributed by atoms with Crippen LogP contribution in [0.5, 0.6) is 0 Å². The first-order valence-corrected chi connectivity index (χ1v) is 7.31. The third-order valence-electron chi connectivity index (χ3n) is 3.86. The lowest BCUT2D eigenvalue weighted by molar-refractivity contribution is -0.116. The first-order valence-electron chi connectivity index (χ1n) is 7.31. The van der Waals surface area contributed by atoms with E-state index in [0.29, 0.717) is 18.2 Å². The number of nitrogens with one attached hydrogen (secondary N) is 3. The maximum Gasteiger partial charge on any atom is 0.226 e. The van der Waals surface area contributed by atoms with Crippen LogP contribution in [0.25, 0.3) is 0 Å². The zero-order valence-corrected chi connectivity index (χ0v) is 12.3. The number of aromatic amines is 1. The Hall–Kier alpha value is -2.30. The van der Waals surface area contributed by atoms with E-state index < -0.39 is 0 Å². The van der Waals surface area contributed by atoms with Crippen LogP contribution in [0.15, 0.2) is 30.3 Å². The fourth-order valence-corrected chi connectivity index (χ4v) is 2.65. The number of hydrogen-bond donors (Lipinski definition) is 3. The van der Waals surface area contributed by atoms with Gasteiger partial charge in [-0.15, -0.1) is 0 Å². The van der Waals surface area contributed by atoms with Crippen molar-refractivity contribution in [2.45, 2.75) is 32.1 Å². The summed E-state index contributed by atoms with van der Waals surface area (Å²) in [7, 11) is 0. The van der Waals surface area contributed by atoms with Gasteiger partial charge in [-0.05, 0) is 17.5 Å². The van der Waals surface area contributed by atoms with Gasteiger partial charge in [-0.2, -0.15) is 5.10 Å². The zero-order chi connectivity index (χ0) is 14.8. The third-order valence-corrected chi connectivity index (χ3v) is 3.86. The van der Waals surface area contributed by atoms with E-state index >= 15 is 0 Å². The molecule has 0 bridgehead atoms. The number of anilines is 2. The van der Waals surface area contributed by atoms with Crippen molar-refractivity contribution >= 4 is 17.4 Å². The van der Waals surface area contributed by atoms with Crippen molar-refractivity contribution in [3.8, 4) is 0 Å². The largest absolute Gasteiger partial charge is 0.384 e. The number of hydrogen-bond acceptors (Lipinski definition) is 3. The Morgan fingerprint density at radius 2 is 2.24 bits per heavy atom. The Kier molecular flexibility index (Phi) is 3.64. The standard InChI is InChI=1S/C16H20N4O/c1-10(2)14-8-15(20-19-14)18-16(21)7-11-9-17-13-6-4-3-5-12(11)13/h3-6,8,10-11,17H,7,9H2,1-2H3,(H2,18,19,20,21). The second-order valence-corrected chi connectivity index (χ2v) is 5.78. The van der Waals surface area contributed by atoms with Gasteiger partial charge in [0.25, 0.3) is 0 Å². The molecular weight excluding hydrogens is 264 g/mol. The summed E-state index contributed by atoms with van der Waals surface area (Å²) in [6.45, 7) is 4.98. The summed E-state index contributed by atoms with van der Waals surface area (Å²) < 4.78 is 0. The van der Waals surface area contributed by atoms with Crippen LogP contribution in [0.2, 0.25) is 0 Å². The Labute approximate surface area is 124 Å². The lowest BCUT2D eigenvalue weighted by Gasteiger charge is -2.09. The molecule has 1 aromatic heterocycles. The summed E-state index contributed by atoms with van der Waals surface area (Å²) in [5.41, 5.74) is 3.38. The molecule has 1 aliphatic heterocycles. The molecule has 1 atom stereocenters. The predicted octanol–water partition coefficient (Wildman–Crippen LogP) is 3.07. The van der Waals surface area contributed by atoms with Crippen molar-refractivity contribution in [2.75, 3.05) is 17.2 Å². The van der Waals surface area contributed by atoms with Crippen LogP contribution in [0.3, 0.4) is 0 Å². The number of rotatable bonds is 4. The topological polar surface area (TPSA) is 69.8 Å². The molecule has 0 spiro atoms. The fourth-order valence-electron chi connectivity index (χ4n) is 2.65. The number of amides is 1. The average Bonchev–Trinajstić information content (AvgIpc) is 3.07. The Morgan fingerprint density at radius 3 is 3.00 bits per heavy atom. The fraction of sp³-hybridized carbons (Fsp3) is 0.375. The summed E-state index contributed by atoms with van der Waals surface area (Å²) in [4.78, 5) is 12.2. The number of aromatic nitrogens is 2. The Morgan fingerprint density at radius 1 is 1.43 bits per heavy atom. The van der Waals surface area contributed by atoms with E-state index in [9.17, 15) is 4.79 Å². The van der Waals surface area contributed by atoms with Crippen LogP contribution in [-0.2, 0) is 4.79 Å². The molecule has 0 fully saturated rings. The highest BCUT2D eigenvalue weighted by molar-refractivity contribution is 5.90. The van der Waals surface area contributed by atoms with Crippen LogP contribution in [0, 0.1) is 0 Å². The quantitative estimate of drug-likeness (QED) is 0.808. The van der Waals surface area contributed by atoms with E-state index in [1.54, 1.807) is 0 Å². The van der Waals surface area contributed by atoms with Crippen molar-refractivity contribution in [3.05, 3.63) is 41.6 Å². The third kappa shape index (κ3) is 2.91. The number of benzene rings is 1. The number of carbonyl (C=O) groups is 1. The van der Waals surface area contributed by atoms with Crippen LogP contribution in [-0.4, -0.2) is 22.6 Å². The van der Waals surface area contributed by atoms with Crippen LogP contribution < -0.4 is 10.6 Å². The van der Waals surface area contributed by atoms with Crippen molar-refractivity contribution in [1.82, 2.24) is 10.2 Å². The van der Waals surface area contributed by atoms with Crippen molar-refractivity contribution < 1.29 is 4.79 Å². The minimum Gasteiger partial charge on any atom is -0.384 e. The maximum atomic E-state index is 12.2. The average molecular weight is 284 g/mol. The molecule has 1 amide bonds. The molecule has 0 saturated heterocycles. The molecule has 2 heterocycles. The molecule has 0 radical (unpaired) electrons. The van der Waals surface area contributed by atoms with Gasteiger partial charge in [-0.1, -0.05) is 32.0 Å². The first kappa shape index (κ1) is 13.7. The number of carbonyl (C=O) groups excluding carboxylic acids is 1. The van der Waals surface area contributed by atoms with Gasteiger partial charge in [-0.25, -0.2) is 0 Å². The molecule has 5 nitrogen and oxygen atoms in total. The van der Waals surface area contributed by atoms with Gasteiger partial charge in [0.15, 0.2) is 5.82 Å². The lowest BCUT2D eigenvalue weighted by Crippen LogP contribution is -2.16. The molecule has 110 valence electrons. The summed E-state index contributed by atoms with van der Waals surface area (Å²) in [6.07, 6.45) is 0.466. The number of para-hydroxylation sites is 1. The van der Waals surface area contributed by atoms with Gasteiger partial charge in [0.2, 0.25) is 5.91 Å². The van der Waals surface area contributed by atoms with Gasteiger partial charge < -0.3 is 10.6 Å². The second-order valence-electron chi connectivity index (χ2n) is 5.78. The number of fused-ring (bicyclic) bond motifs is 1. The van der Waals surface area contributed by atoms with Crippen molar-refractivity contribution in [3.63, 3.8) is 0 Å². The summed E-state index contributed by atoms with van der Waals surface area (Å²) in [5.74, 6) is 1.20. The van der Waals surface area contributed by atoms with Gasteiger partial charge in [-0.3, -0.25) is 9.89 Å². The molecule has 21 heavy (non-hydrogen) atoms. The van der Waals surface area contributed by atoms with E-state index in [2.05, 4.69) is 46.8 Å². The van der Waals surface area contributed by atoms with Crippen LogP contribution in [0.1, 0.15) is 43.4 Å². The van der Waals surface area contributed by atoms with Crippen molar-refractivity contribution in [1.29, 1.82) is 0 Å². The molecule has 3 rings (SSSR count). The minimum absolute atomic E-state index is 0.000286. The molecular formula is C16H20N4O. The van der Waals surface area contributed by atoms with E-state index in [0.717, 1.165) is 17.9 Å². The van der Waals surface area contributed by atoms with Gasteiger partial charge in [0, 0.05) is 36.3 Å². The number of nitrogens with zero attached hydrogens (tertiary/aromatic N) is 1. The zero-order valence-electron chi connectivity index (χ0n) is 12.3. The highest BCUT2D eigenvalue weighted by atomic mass is 16.1. The van der Waals surface area contributed by atoms with Gasteiger partial charge >= 0.3 is 0 Å². The molecule has 0 saturated carbocycles. The molecule has 2 aromatic rings. The Balaban J connectivity index is 1.62. The summed E-state index contributed by atoms with van der Waals surface area (Å²) >= 11 is 0. The summed E-state index contributed by atoms with van der Waals surface area (Å²) in [6, 6.07) is 10.0. The first-order chi connectivity index (χ1) is 10.1. The highest BCUT2D eigenvalue weighted by Crippen LogP contribution is 2.33. The van der Waals surface area contributed by atoms with Gasteiger partial charge in [0.1, 0.15) is 0 Å². The number of H-pyrrole nitrogens is 1. The summed E-state index contributed by atoms with van der Waals surface area (Å²) in [5, 5.41) is 13.3. The van der Waals surface area contributed by atoms with E-state index in [1.807, 2.05) is 18.2 Å². The smallest absolute Gasteiger partial charge is 0.226 e. The molecule has 1 unspecified atom stereocenters. The van der Waals surface area contributed by atoms with E-state index in [-0.39, 0.29) is 11.8 Å². The second kappa shape index (κ2) is 5.60. The SMILES string of the molecule is CC(C)c1cc(NC(=O)CC2CNc3ccccc32)n[nH]1. The maximum absolute atomic E-state index is 12.2. The van der Waals surface area contributed by atoms with Crippen LogP contribution >= 0.6 is 0 Å². The predicted molar refractivity (Wildman–Crippen MR) is 83.6 cm³/mol. The highest BCUT2D eigenvalue weighted by Gasteiger charge is 2.24. The monoisotopic (exact) mass is 284 g/mol. The van der Waals surface area contributed by atoms with E-state index in [4.69, 9.17) is 0 Å². The normalized spacial score (nSPS) is 16.6. The lowest BCUT2D eigenvalue weighted by atomic mass is 9.97. The van der Waals surface area contributed by atoms with E-state index in [1.165, 1.54) is 5.56 Å². The Bertz CT molecular complexity index is 647. The van der Waals surface area contributed by atoms with Crippen LogP contribution in [0.4, 0.5) is 11.5 Å². The molecule has 5 heteroatoms. The molecule has 1 aliphatic rings. The molecule has 3 N–H and O–H groups in total. The van der Waals surface area contributed by atoms with Gasteiger partial charge in [0.05, 0.1) is 0 Å². The van der Waals surface area contributed by atoms with Crippen molar-refractivity contribution in [2.24, 2.45) is 0 Å².